The number of hydrogen-bond donors (Lipinski definition) is 1. The molecule has 0 unspecified atom stereocenters. The Morgan fingerprint density at radius 2 is 2.31 bits per heavy atom. The second-order valence-electron chi connectivity index (χ2n) is 2.45. The molecule has 0 saturated heterocycles. The number of hydrogen-bond acceptors (Lipinski definition) is 2. The molecule has 66 valence electrons. The molecule has 2 N–H and O–H groups in total. The largest absolute Gasteiger partial charge is 0.327 e. The van der Waals surface area contributed by atoms with Crippen LogP contribution in [0.2, 0.25) is 0 Å². The molecule has 0 saturated carbocycles. The lowest BCUT2D eigenvalue weighted by Crippen LogP contribution is -1.93. The number of nitriles is 1. The smallest absolute Gasteiger partial charge is 0.141 e. The normalized spacial score (nSPS) is 10.2. The maximum Gasteiger partial charge on any atom is 0.141 e. The van der Waals surface area contributed by atoms with Gasteiger partial charge in [-0.05, 0) is 11.6 Å². The van der Waals surface area contributed by atoms with Gasteiger partial charge in [0.15, 0.2) is 0 Å². The highest BCUT2D eigenvalue weighted by Gasteiger charge is 2.03. The second kappa shape index (κ2) is 4.39. The van der Waals surface area contributed by atoms with Crippen molar-refractivity contribution in [3.8, 4) is 6.07 Å². The summed E-state index contributed by atoms with van der Waals surface area (Å²) in [5.41, 5.74) is 5.87. The van der Waals surface area contributed by atoms with Crippen LogP contribution in [0.25, 0.3) is 6.08 Å². The fourth-order valence-electron chi connectivity index (χ4n) is 0.993. The first kappa shape index (κ1) is 9.43. The van der Waals surface area contributed by atoms with Crippen LogP contribution in [0.15, 0.2) is 24.3 Å². The van der Waals surface area contributed by atoms with Crippen LogP contribution in [-0.2, 0) is 0 Å². The zero-order valence-electron chi connectivity index (χ0n) is 7.00. The average molecular weight is 176 g/mol. The maximum atomic E-state index is 13.0. The van der Waals surface area contributed by atoms with Gasteiger partial charge in [0.2, 0.25) is 0 Å². The number of benzene rings is 1. The Labute approximate surface area is 76.1 Å². The highest BCUT2D eigenvalue weighted by molar-refractivity contribution is 5.58. The fourth-order valence-corrected chi connectivity index (χ4v) is 0.993. The van der Waals surface area contributed by atoms with Crippen LogP contribution in [0, 0.1) is 17.1 Å². The third-order valence-electron chi connectivity index (χ3n) is 1.59. The van der Waals surface area contributed by atoms with Gasteiger partial charge in [-0.1, -0.05) is 24.3 Å². The van der Waals surface area contributed by atoms with Crippen molar-refractivity contribution in [2.45, 2.75) is 0 Å². The van der Waals surface area contributed by atoms with Crippen molar-refractivity contribution in [3.05, 3.63) is 41.2 Å². The Kier molecular flexibility index (Phi) is 3.18. The minimum Gasteiger partial charge on any atom is -0.327 e. The van der Waals surface area contributed by atoms with Gasteiger partial charge >= 0.3 is 0 Å². The summed E-state index contributed by atoms with van der Waals surface area (Å²) < 4.78 is 13.0. The molecule has 1 aromatic carbocycles. The lowest BCUT2D eigenvalue weighted by Gasteiger charge is -1.97. The number of rotatable bonds is 2. The first-order chi connectivity index (χ1) is 6.29. The molecule has 1 aromatic rings. The number of nitrogens with zero attached hydrogens (tertiary/aromatic N) is 1. The lowest BCUT2D eigenvalue weighted by molar-refractivity contribution is 0.623. The standard InChI is InChI=1S/C10H9FN2/c11-10-5-1-3-8(4-2-6-12)9(10)7-13/h1-5H,6,12H2. The first-order valence-corrected chi connectivity index (χ1v) is 3.85. The van der Waals surface area contributed by atoms with E-state index in [9.17, 15) is 4.39 Å². The van der Waals surface area contributed by atoms with Crippen LogP contribution in [-0.4, -0.2) is 6.54 Å². The highest BCUT2D eigenvalue weighted by atomic mass is 19.1. The molecular formula is C10H9FN2. The molecule has 0 aliphatic heterocycles. The summed E-state index contributed by atoms with van der Waals surface area (Å²) in [5.74, 6) is -0.498. The predicted molar refractivity (Wildman–Crippen MR) is 49.2 cm³/mol. The molecule has 0 bridgehead atoms. The van der Waals surface area contributed by atoms with Gasteiger partial charge in [0.25, 0.3) is 0 Å². The van der Waals surface area contributed by atoms with Crippen molar-refractivity contribution in [1.82, 2.24) is 0 Å². The summed E-state index contributed by atoms with van der Waals surface area (Å²) >= 11 is 0. The number of halogens is 1. The van der Waals surface area contributed by atoms with E-state index in [0.717, 1.165) is 0 Å². The molecule has 0 fully saturated rings. The Hall–Kier alpha value is -1.66. The molecule has 0 aliphatic rings. The molecule has 0 amide bonds. The van der Waals surface area contributed by atoms with E-state index in [4.69, 9.17) is 11.0 Å². The van der Waals surface area contributed by atoms with Crippen molar-refractivity contribution >= 4 is 6.08 Å². The molecular weight excluding hydrogens is 167 g/mol. The summed E-state index contributed by atoms with van der Waals surface area (Å²) in [6, 6.07) is 6.30. The first-order valence-electron chi connectivity index (χ1n) is 3.85. The van der Waals surface area contributed by atoms with Gasteiger partial charge in [-0.15, -0.1) is 0 Å². The van der Waals surface area contributed by atoms with E-state index in [-0.39, 0.29) is 5.56 Å². The summed E-state index contributed by atoms with van der Waals surface area (Å²) in [5, 5.41) is 8.64. The molecule has 0 heterocycles. The van der Waals surface area contributed by atoms with E-state index >= 15 is 0 Å². The van der Waals surface area contributed by atoms with E-state index < -0.39 is 5.82 Å². The number of nitrogens with two attached hydrogens (primary N) is 1. The van der Waals surface area contributed by atoms with Gasteiger partial charge in [-0.2, -0.15) is 5.26 Å². The summed E-state index contributed by atoms with van der Waals surface area (Å²) in [7, 11) is 0. The van der Waals surface area contributed by atoms with Crippen LogP contribution >= 0.6 is 0 Å². The molecule has 0 spiro atoms. The van der Waals surface area contributed by atoms with E-state index in [1.54, 1.807) is 30.4 Å². The van der Waals surface area contributed by atoms with Gasteiger partial charge < -0.3 is 5.73 Å². The third-order valence-corrected chi connectivity index (χ3v) is 1.59. The molecule has 3 heteroatoms. The highest BCUT2D eigenvalue weighted by Crippen LogP contribution is 2.13. The third kappa shape index (κ3) is 2.14. The van der Waals surface area contributed by atoms with Crippen molar-refractivity contribution in [2.75, 3.05) is 6.54 Å². The Balaban J connectivity index is 3.15. The van der Waals surface area contributed by atoms with Crippen LogP contribution in [0.1, 0.15) is 11.1 Å². The van der Waals surface area contributed by atoms with Crippen molar-refractivity contribution in [3.63, 3.8) is 0 Å². The van der Waals surface area contributed by atoms with Gasteiger partial charge in [0.05, 0.1) is 5.56 Å². The van der Waals surface area contributed by atoms with Gasteiger partial charge in [0, 0.05) is 6.54 Å². The SMILES string of the molecule is N#Cc1c(F)cccc1C=CCN. The van der Waals surface area contributed by atoms with E-state index in [1.807, 2.05) is 0 Å². The summed E-state index contributed by atoms with van der Waals surface area (Å²) in [6.07, 6.45) is 3.32. The quantitative estimate of drug-likeness (QED) is 0.745. The zero-order chi connectivity index (χ0) is 9.68. The topological polar surface area (TPSA) is 49.8 Å². The van der Waals surface area contributed by atoms with Gasteiger partial charge in [-0.3, -0.25) is 0 Å². The van der Waals surface area contributed by atoms with Gasteiger partial charge in [-0.25, -0.2) is 4.39 Å². The van der Waals surface area contributed by atoms with E-state index in [1.165, 1.54) is 6.07 Å². The van der Waals surface area contributed by atoms with Crippen LogP contribution in [0.5, 0.6) is 0 Å². The summed E-state index contributed by atoms with van der Waals surface area (Å²) in [6.45, 7) is 0.376. The molecule has 0 atom stereocenters. The van der Waals surface area contributed by atoms with Crippen molar-refractivity contribution < 1.29 is 4.39 Å². The Morgan fingerprint density at radius 3 is 2.92 bits per heavy atom. The summed E-state index contributed by atoms with van der Waals surface area (Å²) in [4.78, 5) is 0. The van der Waals surface area contributed by atoms with E-state index in [2.05, 4.69) is 0 Å². The van der Waals surface area contributed by atoms with Crippen LogP contribution in [0.3, 0.4) is 0 Å². The molecule has 0 aromatic heterocycles. The minimum absolute atomic E-state index is 0.0622. The molecule has 2 nitrogen and oxygen atoms in total. The van der Waals surface area contributed by atoms with Crippen molar-refractivity contribution in [2.24, 2.45) is 5.73 Å². The second-order valence-corrected chi connectivity index (χ2v) is 2.45. The molecule has 13 heavy (non-hydrogen) atoms. The predicted octanol–water partition coefficient (Wildman–Crippen LogP) is 1.67. The maximum absolute atomic E-state index is 13.0. The Bertz CT molecular complexity index is 364. The molecule has 0 radical (unpaired) electrons. The van der Waals surface area contributed by atoms with Crippen LogP contribution in [0.4, 0.5) is 4.39 Å². The van der Waals surface area contributed by atoms with Crippen molar-refractivity contribution in [1.29, 1.82) is 5.26 Å². The van der Waals surface area contributed by atoms with Crippen LogP contribution < -0.4 is 5.73 Å². The minimum atomic E-state index is -0.498. The fraction of sp³-hybridized carbons (Fsp3) is 0.100. The zero-order valence-corrected chi connectivity index (χ0v) is 7.00. The lowest BCUT2D eigenvalue weighted by atomic mass is 10.1. The molecule has 1 rings (SSSR count). The van der Waals surface area contributed by atoms with E-state index in [0.29, 0.717) is 12.1 Å². The average Bonchev–Trinajstić information content (AvgIpc) is 2.15. The Morgan fingerprint density at radius 1 is 1.54 bits per heavy atom. The van der Waals surface area contributed by atoms with Gasteiger partial charge in [0.1, 0.15) is 11.9 Å². The molecule has 0 aliphatic carbocycles. The monoisotopic (exact) mass is 176 g/mol.